The van der Waals surface area contributed by atoms with Crippen molar-refractivity contribution in [3.63, 3.8) is 0 Å². The SMILES string of the molecule is Cc1cccc(CN2CCN(c3nccn4ccnc34)CC2)c1. The molecule has 1 aliphatic rings. The Morgan fingerprint density at radius 1 is 1.00 bits per heavy atom. The van der Waals surface area contributed by atoms with Crippen molar-refractivity contribution in [2.24, 2.45) is 0 Å². The molecule has 5 nitrogen and oxygen atoms in total. The van der Waals surface area contributed by atoms with Crippen molar-refractivity contribution in [1.29, 1.82) is 0 Å². The fourth-order valence-electron chi connectivity index (χ4n) is 3.25. The molecule has 1 aliphatic heterocycles. The van der Waals surface area contributed by atoms with Gasteiger partial charge in [-0.1, -0.05) is 29.8 Å². The van der Waals surface area contributed by atoms with E-state index in [0.717, 1.165) is 44.2 Å². The van der Waals surface area contributed by atoms with Crippen molar-refractivity contribution in [1.82, 2.24) is 19.3 Å². The van der Waals surface area contributed by atoms with E-state index in [0.29, 0.717) is 0 Å². The number of imidazole rings is 1. The zero-order valence-corrected chi connectivity index (χ0v) is 13.4. The highest BCUT2D eigenvalue weighted by Gasteiger charge is 2.20. The van der Waals surface area contributed by atoms with E-state index in [2.05, 4.69) is 51.0 Å². The fourth-order valence-corrected chi connectivity index (χ4v) is 3.25. The lowest BCUT2D eigenvalue weighted by Gasteiger charge is -2.35. The highest BCUT2D eigenvalue weighted by Crippen LogP contribution is 2.19. The standard InChI is InChI=1S/C18H21N5/c1-15-3-2-4-16(13-15)14-21-9-11-23(12-10-21)18-17-19-5-7-22(17)8-6-20-18/h2-8,13H,9-12,14H2,1H3. The monoisotopic (exact) mass is 307 g/mol. The molecule has 0 saturated carbocycles. The second-order valence-corrected chi connectivity index (χ2v) is 6.16. The Labute approximate surface area is 136 Å². The summed E-state index contributed by atoms with van der Waals surface area (Å²) in [6, 6.07) is 8.79. The zero-order chi connectivity index (χ0) is 15.6. The number of hydrogen-bond donors (Lipinski definition) is 0. The van der Waals surface area contributed by atoms with Crippen LogP contribution in [0, 0.1) is 6.92 Å². The maximum absolute atomic E-state index is 4.55. The summed E-state index contributed by atoms with van der Waals surface area (Å²) in [5, 5.41) is 0. The number of benzene rings is 1. The summed E-state index contributed by atoms with van der Waals surface area (Å²) in [5.41, 5.74) is 3.67. The summed E-state index contributed by atoms with van der Waals surface area (Å²) in [6.45, 7) is 7.26. The molecule has 0 aliphatic carbocycles. The average molecular weight is 307 g/mol. The van der Waals surface area contributed by atoms with E-state index in [1.54, 1.807) is 0 Å². The third kappa shape index (κ3) is 2.92. The first-order chi connectivity index (χ1) is 11.3. The van der Waals surface area contributed by atoms with Gasteiger partial charge >= 0.3 is 0 Å². The molecule has 0 amide bonds. The van der Waals surface area contributed by atoms with E-state index >= 15 is 0 Å². The molecule has 1 saturated heterocycles. The maximum atomic E-state index is 4.55. The Hall–Kier alpha value is -2.40. The minimum Gasteiger partial charge on any atom is -0.351 e. The number of aryl methyl sites for hydroxylation is 1. The normalized spacial score (nSPS) is 16.1. The Balaban J connectivity index is 1.44. The van der Waals surface area contributed by atoms with Gasteiger partial charge in [-0.05, 0) is 12.5 Å². The van der Waals surface area contributed by atoms with Crippen molar-refractivity contribution in [3.8, 4) is 0 Å². The van der Waals surface area contributed by atoms with E-state index in [9.17, 15) is 0 Å². The lowest BCUT2D eigenvalue weighted by molar-refractivity contribution is 0.249. The molecular weight excluding hydrogens is 286 g/mol. The number of piperazine rings is 1. The van der Waals surface area contributed by atoms with Crippen LogP contribution in [0.2, 0.25) is 0 Å². The van der Waals surface area contributed by atoms with Gasteiger partial charge in [0, 0.05) is 57.5 Å². The molecule has 0 atom stereocenters. The molecule has 0 radical (unpaired) electrons. The molecule has 3 heterocycles. The lowest BCUT2D eigenvalue weighted by atomic mass is 10.1. The number of fused-ring (bicyclic) bond motifs is 1. The van der Waals surface area contributed by atoms with Crippen molar-refractivity contribution >= 4 is 11.5 Å². The Morgan fingerprint density at radius 2 is 1.78 bits per heavy atom. The average Bonchev–Trinajstić information content (AvgIpc) is 3.04. The first-order valence-corrected chi connectivity index (χ1v) is 8.10. The molecule has 5 heteroatoms. The van der Waals surface area contributed by atoms with E-state index in [1.807, 2.05) is 29.2 Å². The van der Waals surface area contributed by atoms with E-state index < -0.39 is 0 Å². The number of rotatable bonds is 3. The number of nitrogens with zero attached hydrogens (tertiary/aromatic N) is 5. The van der Waals surface area contributed by atoms with Crippen molar-refractivity contribution in [2.45, 2.75) is 13.5 Å². The van der Waals surface area contributed by atoms with Crippen LogP contribution >= 0.6 is 0 Å². The summed E-state index contributed by atoms with van der Waals surface area (Å²) in [6.07, 6.45) is 7.59. The molecule has 0 bridgehead atoms. The van der Waals surface area contributed by atoms with Crippen molar-refractivity contribution < 1.29 is 0 Å². The second kappa shape index (κ2) is 6.01. The summed E-state index contributed by atoms with van der Waals surface area (Å²) >= 11 is 0. The van der Waals surface area contributed by atoms with Crippen LogP contribution in [-0.4, -0.2) is 45.4 Å². The van der Waals surface area contributed by atoms with Crippen LogP contribution < -0.4 is 4.90 Å². The highest BCUT2D eigenvalue weighted by atomic mass is 15.3. The van der Waals surface area contributed by atoms with Gasteiger partial charge in [0.15, 0.2) is 11.5 Å². The molecule has 3 aromatic rings. The summed E-state index contributed by atoms with van der Waals surface area (Å²) in [7, 11) is 0. The minimum absolute atomic E-state index is 0.944. The first-order valence-electron chi connectivity index (χ1n) is 8.10. The van der Waals surface area contributed by atoms with Gasteiger partial charge in [-0.15, -0.1) is 0 Å². The third-order valence-corrected chi connectivity index (χ3v) is 4.45. The molecule has 118 valence electrons. The van der Waals surface area contributed by atoms with Crippen LogP contribution in [0.4, 0.5) is 5.82 Å². The smallest absolute Gasteiger partial charge is 0.180 e. The molecule has 4 rings (SSSR count). The Bertz CT molecular complexity index is 802. The Morgan fingerprint density at radius 3 is 2.57 bits per heavy atom. The molecular formula is C18H21N5. The van der Waals surface area contributed by atoms with E-state index in [4.69, 9.17) is 0 Å². The summed E-state index contributed by atoms with van der Waals surface area (Å²) < 4.78 is 2.03. The van der Waals surface area contributed by atoms with Gasteiger partial charge in [0.25, 0.3) is 0 Å². The number of hydrogen-bond acceptors (Lipinski definition) is 4. The highest BCUT2D eigenvalue weighted by molar-refractivity contribution is 5.64. The number of anilines is 1. The van der Waals surface area contributed by atoms with Crippen LogP contribution in [0.5, 0.6) is 0 Å². The van der Waals surface area contributed by atoms with Gasteiger partial charge in [0.1, 0.15) is 0 Å². The molecule has 0 unspecified atom stereocenters. The second-order valence-electron chi connectivity index (χ2n) is 6.16. The molecule has 1 fully saturated rings. The van der Waals surface area contributed by atoms with Gasteiger partial charge < -0.3 is 9.30 Å². The van der Waals surface area contributed by atoms with E-state index in [-0.39, 0.29) is 0 Å². The number of aromatic nitrogens is 3. The predicted octanol–water partition coefficient (Wildman–Crippen LogP) is 2.36. The van der Waals surface area contributed by atoms with Gasteiger partial charge in [-0.25, -0.2) is 9.97 Å². The fraction of sp³-hybridized carbons (Fsp3) is 0.333. The minimum atomic E-state index is 0.944. The molecule has 1 aromatic carbocycles. The van der Waals surface area contributed by atoms with Crippen LogP contribution in [0.15, 0.2) is 49.1 Å². The molecule has 0 spiro atoms. The largest absolute Gasteiger partial charge is 0.351 e. The van der Waals surface area contributed by atoms with Crippen LogP contribution in [0.3, 0.4) is 0 Å². The van der Waals surface area contributed by atoms with Gasteiger partial charge in [0.05, 0.1) is 0 Å². The predicted molar refractivity (Wildman–Crippen MR) is 91.7 cm³/mol. The van der Waals surface area contributed by atoms with Crippen LogP contribution in [0.25, 0.3) is 5.65 Å². The summed E-state index contributed by atoms with van der Waals surface area (Å²) in [5.74, 6) is 0.993. The molecule has 2 aromatic heterocycles. The third-order valence-electron chi connectivity index (χ3n) is 4.45. The maximum Gasteiger partial charge on any atom is 0.180 e. The van der Waals surface area contributed by atoms with Crippen molar-refractivity contribution in [3.05, 3.63) is 60.2 Å². The summed E-state index contributed by atoms with van der Waals surface area (Å²) in [4.78, 5) is 13.8. The first kappa shape index (κ1) is 14.2. The van der Waals surface area contributed by atoms with Gasteiger partial charge in [-0.3, -0.25) is 4.90 Å². The zero-order valence-electron chi connectivity index (χ0n) is 13.4. The molecule has 23 heavy (non-hydrogen) atoms. The van der Waals surface area contributed by atoms with Crippen molar-refractivity contribution in [2.75, 3.05) is 31.1 Å². The quantitative estimate of drug-likeness (QED) is 0.744. The van der Waals surface area contributed by atoms with Crippen LogP contribution in [-0.2, 0) is 6.54 Å². The van der Waals surface area contributed by atoms with Gasteiger partial charge in [0.2, 0.25) is 0 Å². The van der Waals surface area contributed by atoms with Crippen LogP contribution in [0.1, 0.15) is 11.1 Å². The molecule has 0 N–H and O–H groups in total. The topological polar surface area (TPSA) is 36.7 Å². The lowest BCUT2D eigenvalue weighted by Crippen LogP contribution is -2.46. The van der Waals surface area contributed by atoms with Gasteiger partial charge in [-0.2, -0.15) is 0 Å². The van der Waals surface area contributed by atoms with E-state index in [1.165, 1.54) is 11.1 Å². The Kier molecular flexibility index (Phi) is 3.71.